The minimum Gasteiger partial charge on any atom is -0.454 e. The highest BCUT2D eigenvalue weighted by Gasteiger charge is 2.15. The van der Waals surface area contributed by atoms with Crippen molar-refractivity contribution in [3.63, 3.8) is 0 Å². The van der Waals surface area contributed by atoms with E-state index in [0.717, 1.165) is 16.9 Å². The molecule has 6 heteroatoms. The number of benzene rings is 2. The SMILES string of the molecule is CCN(Cc1ccc2c(c1)OCO2)C(=O)/C=C/c1ccc(Cl)c(Cl)c1. The molecule has 1 aliphatic rings. The third-order valence-electron chi connectivity index (χ3n) is 3.87. The fourth-order valence-electron chi connectivity index (χ4n) is 2.49. The van der Waals surface area contributed by atoms with Gasteiger partial charge in [0.1, 0.15) is 0 Å². The second-order valence-electron chi connectivity index (χ2n) is 5.55. The molecule has 1 heterocycles. The Labute approximate surface area is 156 Å². The zero-order chi connectivity index (χ0) is 17.8. The molecule has 0 bridgehead atoms. The molecule has 0 aliphatic carbocycles. The van der Waals surface area contributed by atoms with Crippen LogP contribution in [0.2, 0.25) is 10.0 Å². The lowest BCUT2D eigenvalue weighted by Crippen LogP contribution is -2.28. The van der Waals surface area contributed by atoms with Gasteiger partial charge in [-0.2, -0.15) is 0 Å². The number of carbonyl (C=O) groups is 1. The maximum Gasteiger partial charge on any atom is 0.246 e. The van der Waals surface area contributed by atoms with Gasteiger partial charge in [-0.15, -0.1) is 0 Å². The summed E-state index contributed by atoms with van der Waals surface area (Å²) in [5.74, 6) is 1.37. The first-order valence-corrected chi connectivity index (χ1v) is 8.63. The minimum absolute atomic E-state index is 0.0776. The van der Waals surface area contributed by atoms with Gasteiger partial charge in [0.25, 0.3) is 0 Å². The van der Waals surface area contributed by atoms with E-state index in [1.165, 1.54) is 6.08 Å². The third kappa shape index (κ3) is 4.27. The highest BCUT2D eigenvalue weighted by atomic mass is 35.5. The van der Waals surface area contributed by atoms with Crippen LogP contribution in [0.1, 0.15) is 18.1 Å². The van der Waals surface area contributed by atoms with Crippen molar-refractivity contribution in [2.45, 2.75) is 13.5 Å². The largest absolute Gasteiger partial charge is 0.454 e. The van der Waals surface area contributed by atoms with Crippen LogP contribution in [-0.2, 0) is 11.3 Å². The van der Waals surface area contributed by atoms with Crippen molar-refractivity contribution in [2.75, 3.05) is 13.3 Å². The second kappa shape index (κ2) is 7.81. The quantitative estimate of drug-likeness (QED) is 0.703. The third-order valence-corrected chi connectivity index (χ3v) is 4.60. The van der Waals surface area contributed by atoms with Crippen LogP contribution in [0, 0.1) is 0 Å². The molecule has 0 N–H and O–H groups in total. The maximum atomic E-state index is 12.5. The lowest BCUT2D eigenvalue weighted by Gasteiger charge is -2.19. The molecule has 4 nitrogen and oxygen atoms in total. The second-order valence-corrected chi connectivity index (χ2v) is 6.36. The number of hydrogen-bond acceptors (Lipinski definition) is 3. The predicted octanol–water partition coefficient (Wildman–Crippen LogP) is 4.78. The van der Waals surface area contributed by atoms with E-state index in [2.05, 4.69) is 0 Å². The standard InChI is InChI=1S/C19H17Cl2NO3/c1-2-22(11-14-4-7-17-18(10-14)25-12-24-17)19(23)8-5-13-3-6-15(20)16(21)9-13/h3-10H,2,11-12H2,1H3/b8-5+. The van der Waals surface area contributed by atoms with Gasteiger partial charge < -0.3 is 14.4 Å². The Hall–Kier alpha value is -2.17. The monoisotopic (exact) mass is 377 g/mol. The molecule has 0 radical (unpaired) electrons. The van der Waals surface area contributed by atoms with Crippen LogP contribution in [0.15, 0.2) is 42.5 Å². The van der Waals surface area contributed by atoms with Crippen molar-refractivity contribution in [2.24, 2.45) is 0 Å². The Balaban J connectivity index is 1.68. The summed E-state index contributed by atoms with van der Waals surface area (Å²) in [5, 5.41) is 0.951. The van der Waals surface area contributed by atoms with Gasteiger partial charge in [-0.3, -0.25) is 4.79 Å². The molecule has 1 aliphatic heterocycles. The molecule has 3 rings (SSSR count). The van der Waals surface area contributed by atoms with E-state index < -0.39 is 0 Å². The van der Waals surface area contributed by atoms with Gasteiger partial charge in [0.2, 0.25) is 12.7 Å². The number of likely N-dealkylation sites (N-methyl/N-ethyl adjacent to an activating group) is 1. The first-order chi connectivity index (χ1) is 12.1. The summed E-state index contributed by atoms with van der Waals surface area (Å²) >= 11 is 11.9. The fourth-order valence-corrected chi connectivity index (χ4v) is 2.80. The molecule has 0 fully saturated rings. The van der Waals surface area contributed by atoms with E-state index >= 15 is 0 Å². The van der Waals surface area contributed by atoms with E-state index in [1.807, 2.05) is 31.2 Å². The first-order valence-electron chi connectivity index (χ1n) is 7.87. The Morgan fingerprint density at radius 1 is 1.12 bits per heavy atom. The Morgan fingerprint density at radius 3 is 2.68 bits per heavy atom. The molecule has 130 valence electrons. The number of ether oxygens (including phenoxy) is 2. The van der Waals surface area contributed by atoms with Crippen molar-refractivity contribution in [1.82, 2.24) is 4.90 Å². The molecule has 0 saturated carbocycles. The average molecular weight is 378 g/mol. The Kier molecular flexibility index (Phi) is 5.51. The molecule has 0 atom stereocenters. The summed E-state index contributed by atoms with van der Waals surface area (Å²) in [6.45, 7) is 3.27. The highest BCUT2D eigenvalue weighted by molar-refractivity contribution is 6.42. The van der Waals surface area contributed by atoms with Crippen LogP contribution in [0.5, 0.6) is 11.5 Å². The predicted molar refractivity (Wildman–Crippen MR) is 99.2 cm³/mol. The van der Waals surface area contributed by atoms with E-state index in [4.69, 9.17) is 32.7 Å². The lowest BCUT2D eigenvalue weighted by atomic mass is 10.1. The van der Waals surface area contributed by atoms with E-state index in [-0.39, 0.29) is 12.7 Å². The van der Waals surface area contributed by atoms with Gasteiger partial charge in [-0.05, 0) is 48.4 Å². The lowest BCUT2D eigenvalue weighted by molar-refractivity contribution is -0.126. The van der Waals surface area contributed by atoms with Crippen molar-refractivity contribution in [3.05, 3.63) is 63.6 Å². The van der Waals surface area contributed by atoms with Crippen molar-refractivity contribution < 1.29 is 14.3 Å². The van der Waals surface area contributed by atoms with Crippen molar-refractivity contribution in [3.8, 4) is 11.5 Å². The molecular weight excluding hydrogens is 361 g/mol. The molecule has 0 spiro atoms. The number of fused-ring (bicyclic) bond motifs is 1. The van der Waals surface area contributed by atoms with Crippen molar-refractivity contribution >= 4 is 35.2 Å². The summed E-state index contributed by atoms with van der Waals surface area (Å²) in [7, 11) is 0. The summed E-state index contributed by atoms with van der Waals surface area (Å²) in [5.41, 5.74) is 1.81. The number of halogens is 2. The summed E-state index contributed by atoms with van der Waals surface area (Å²) < 4.78 is 10.7. The highest BCUT2D eigenvalue weighted by Crippen LogP contribution is 2.32. The zero-order valence-corrected chi connectivity index (χ0v) is 15.2. The molecule has 0 saturated heterocycles. The van der Waals surface area contributed by atoms with E-state index in [1.54, 1.807) is 23.1 Å². The number of carbonyl (C=O) groups excluding carboxylic acids is 1. The van der Waals surface area contributed by atoms with Gasteiger partial charge in [-0.25, -0.2) is 0 Å². The number of rotatable bonds is 5. The Bertz CT molecular complexity index is 820. The normalized spacial score (nSPS) is 12.6. The summed E-state index contributed by atoms with van der Waals surface area (Å²) in [6, 6.07) is 10.9. The fraction of sp³-hybridized carbons (Fsp3) is 0.211. The maximum absolute atomic E-state index is 12.5. The van der Waals surface area contributed by atoms with Gasteiger partial charge in [-0.1, -0.05) is 35.3 Å². The van der Waals surface area contributed by atoms with Gasteiger partial charge in [0.05, 0.1) is 10.0 Å². The number of hydrogen-bond donors (Lipinski definition) is 0. The number of nitrogens with zero attached hydrogens (tertiary/aromatic N) is 1. The first kappa shape index (κ1) is 17.6. The van der Waals surface area contributed by atoms with Crippen LogP contribution in [-0.4, -0.2) is 24.1 Å². The van der Waals surface area contributed by atoms with Crippen LogP contribution >= 0.6 is 23.2 Å². The van der Waals surface area contributed by atoms with Gasteiger partial charge in [0.15, 0.2) is 11.5 Å². The van der Waals surface area contributed by atoms with Crippen LogP contribution in [0.25, 0.3) is 6.08 Å². The number of amides is 1. The van der Waals surface area contributed by atoms with E-state index in [9.17, 15) is 4.79 Å². The smallest absolute Gasteiger partial charge is 0.246 e. The summed E-state index contributed by atoms with van der Waals surface area (Å²) in [4.78, 5) is 14.2. The van der Waals surface area contributed by atoms with Gasteiger partial charge in [0, 0.05) is 19.2 Å². The Morgan fingerprint density at radius 2 is 1.92 bits per heavy atom. The topological polar surface area (TPSA) is 38.8 Å². The molecule has 25 heavy (non-hydrogen) atoms. The summed E-state index contributed by atoms with van der Waals surface area (Å²) in [6.07, 6.45) is 3.27. The van der Waals surface area contributed by atoms with Crippen LogP contribution < -0.4 is 9.47 Å². The average Bonchev–Trinajstić information content (AvgIpc) is 3.08. The van der Waals surface area contributed by atoms with Crippen molar-refractivity contribution in [1.29, 1.82) is 0 Å². The van der Waals surface area contributed by atoms with Crippen LogP contribution in [0.3, 0.4) is 0 Å². The van der Waals surface area contributed by atoms with E-state index in [0.29, 0.717) is 28.9 Å². The molecule has 2 aromatic carbocycles. The zero-order valence-electron chi connectivity index (χ0n) is 13.7. The molecule has 0 aromatic heterocycles. The molecule has 1 amide bonds. The van der Waals surface area contributed by atoms with Crippen LogP contribution in [0.4, 0.5) is 0 Å². The minimum atomic E-state index is -0.0776. The molecule has 0 unspecified atom stereocenters. The molecular formula is C19H17Cl2NO3. The van der Waals surface area contributed by atoms with Gasteiger partial charge >= 0.3 is 0 Å². The molecule has 2 aromatic rings.